The summed E-state index contributed by atoms with van der Waals surface area (Å²) in [4.78, 5) is 2.55. The summed E-state index contributed by atoms with van der Waals surface area (Å²) >= 11 is 9.19. The quantitative estimate of drug-likeness (QED) is 0.786. The van der Waals surface area contributed by atoms with Gasteiger partial charge in [0.1, 0.15) is 0 Å². The molecule has 1 aromatic carbocycles. The van der Waals surface area contributed by atoms with Crippen LogP contribution >= 0.6 is 27.5 Å². The Bertz CT molecular complexity index is 601. The van der Waals surface area contributed by atoms with E-state index in [0.717, 1.165) is 25.9 Å². The molecule has 0 saturated carbocycles. The molecule has 7 heteroatoms. The highest BCUT2D eigenvalue weighted by Crippen LogP contribution is 2.27. The maximum Gasteiger partial charge on any atom is 0.242 e. The summed E-state index contributed by atoms with van der Waals surface area (Å²) in [7, 11) is 0.288. The Morgan fingerprint density at radius 2 is 2.00 bits per heavy atom. The summed E-state index contributed by atoms with van der Waals surface area (Å²) in [5.41, 5.74) is 0. The van der Waals surface area contributed by atoms with E-state index in [1.165, 1.54) is 4.31 Å². The molecule has 1 aromatic rings. The van der Waals surface area contributed by atoms with Gasteiger partial charge < -0.3 is 4.90 Å². The number of nitrogens with zero attached hydrogens (tertiary/aromatic N) is 2. The van der Waals surface area contributed by atoms with Gasteiger partial charge in [-0.25, -0.2) is 12.7 Å². The SMILES string of the molecule is CN1CCC(CN(C)S(=O)(=O)c2ccc(Cl)c(Br)c2)CC1. The van der Waals surface area contributed by atoms with Crippen LogP contribution in [0, 0.1) is 5.92 Å². The van der Waals surface area contributed by atoms with Gasteiger partial charge in [0.25, 0.3) is 0 Å². The first kappa shape index (κ1) is 17.2. The molecule has 4 nitrogen and oxygen atoms in total. The van der Waals surface area contributed by atoms with Crippen LogP contribution in [0.15, 0.2) is 27.6 Å². The second-order valence-electron chi connectivity index (χ2n) is 5.61. The van der Waals surface area contributed by atoms with E-state index in [1.54, 1.807) is 25.2 Å². The van der Waals surface area contributed by atoms with Gasteiger partial charge in [-0.2, -0.15) is 0 Å². The van der Waals surface area contributed by atoms with E-state index in [4.69, 9.17) is 11.6 Å². The molecule has 21 heavy (non-hydrogen) atoms. The molecule has 0 unspecified atom stereocenters. The molecule has 0 amide bonds. The molecule has 0 atom stereocenters. The van der Waals surface area contributed by atoms with E-state index in [2.05, 4.69) is 27.9 Å². The van der Waals surface area contributed by atoms with E-state index < -0.39 is 10.0 Å². The van der Waals surface area contributed by atoms with Crippen molar-refractivity contribution in [1.82, 2.24) is 9.21 Å². The lowest BCUT2D eigenvalue weighted by atomic mass is 9.97. The molecule has 1 aliphatic heterocycles. The lowest BCUT2D eigenvalue weighted by Crippen LogP contribution is -2.37. The van der Waals surface area contributed by atoms with Crippen molar-refractivity contribution < 1.29 is 8.42 Å². The van der Waals surface area contributed by atoms with Crippen molar-refractivity contribution in [3.63, 3.8) is 0 Å². The Morgan fingerprint density at radius 3 is 2.57 bits per heavy atom. The number of rotatable bonds is 4. The smallest absolute Gasteiger partial charge is 0.242 e. The van der Waals surface area contributed by atoms with E-state index >= 15 is 0 Å². The molecule has 2 rings (SSSR count). The summed E-state index contributed by atoms with van der Waals surface area (Å²) in [6.07, 6.45) is 2.08. The first-order valence-corrected chi connectivity index (χ1v) is 9.51. The van der Waals surface area contributed by atoms with Crippen LogP contribution in [0.2, 0.25) is 5.02 Å². The van der Waals surface area contributed by atoms with Gasteiger partial charge in [0, 0.05) is 18.1 Å². The van der Waals surface area contributed by atoms with Gasteiger partial charge in [0.2, 0.25) is 10.0 Å². The Labute approximate surface area is 140 Å². The van der Waals surface area contributed by atoms with E-state index in [0.29, 0.717) is 22.0 Å². The van der Waals surface area contributed by atoms with Gasteiger partial charge in [-0.15, -0.1) is 0 Å². The first-order valence-electron chi connectivity index (χ1n) is 6.90. The summed E-state index contributed by atoms with van der Waals surface area (Å²) in [6.45, 7) is 2.63. The summed E-state index contributed by atoms with van der Waals surface area (Å²) in [5.74, 6) is 0.428. The number of likely N-dealkylation sites (tertiary alicyclic amines) is 1. The Hall–Kier alpha value is -0.140. The Kier molecular flexibility index (Phi) is 5.71. The second kappa shape index (κ2) is 6.96. The number of hydrogen-bond acceptors (Lipinski definition) is 3. The predicted molar refractivity (Wildman–Crippen MR) is 89.2 cm³/mol. The van der Waals surface area contributed by atoms with Gasteiger partial charge >= 0.3 is 0 Å². The van der Waals surface area contributed by atoms with Crippen LogP contribution in [0.4, 0.5) is 0 Å². The minimum Gasteiger partial charge on any atom is -0.306 e. The van der Waals surface area contributed by atoms with Crippen LogP contribution in [-0.4, -0.2) is 51.4 Å². The van der Waals surface area contributed by atoms with Crippen molar-refractivity contribution in [1.29, 1.82) is 0 Å². The highest BCUT2D eigenvalue weighted by molar-refractivity contribution is 9.10. The zero-order valence-corrected chi connectivity index (χ0v) is 15.4. The molecular formula is C14H20BrClN2O2S. The van der Waals surface area contributed by atoms with Crippen molar-refractivity contribution in [2.24, 2.45) is 5.92 Å². The molecule has 1 heterocycles. The van der Waals surface area contributed by atoms with Crippen LogP contribution < -0.4 is 0 Å². The van der Waals surface area contributed by atoms with Gasteiger partial charge in [0.15, 0.2) is 0 Å². The number of benzene rings is 1. The van der Waals surface area contributed by atoms with Gasteiger partial charge in [-0.05, 0) is 73.0 Å². The summed E-state index contributed by atoms with van der Waals surface area (Å²) in [6, 6.07) is 4.71. The van der Waals surface area contributed by atoms with E-state index in [9.17, 15) is 8.42 Å². The van der Waals surface area contributed by atoms with Crippen molar-refractivity contribution in [3.8, 4) is 0 Å². The number of sulfonamides is 1. The number of hydrogen-bond donors (Lipinski definition) is 0. The van der Waals surface area contributed by atoms with Crippen LogP contribution in [0.25, 0.3) is 0 Å². The molecule has 1 saturated heterocycles. The molecule has 0 N–H and O–H groups in total. The standard InChI is InChI=1S/C14H20BrClN2O2S/c1-17-7-5-11(6-8-17)10-18(2)21(19,20)12-3-4-14(16)13(15)9-12/h3-4,9,11H,5-8,10H2,1-2H3. The van der Waals surface area contributed by atoms with Crippen LogP contribution in [0.1, 0.15) is 12.8 Å². The molecule has 0 spiro atoms. The molecule has 0 aliphatic carbocycles. The fraction of sp³-hybridized carbons (Fsp3) is 0.571. The predicted octanol–water partition coefficient (Wildman–Crippen LogP) is 3.06. The number of piperidine rings is 1. The van der Waals surface area contributed by atoms with E-state index in [1.807, 2.05) is 0 Å². The normalized spacial score (nSPS) is 18.3. The average molecular weight is 396 g/mol. The monoisotopic (exact) mass is 394 g/mol. The molecular weight excluding hydrogens is 376 g/mol. The highest BCUT2D eigenvalue weighted by Gasteiger charge is 2.26. The average Bonchev–Trinajstić information content (AvgIpc) is 2.44. The van der Waals surface area contributed by atoms with Crippen LogP contribution in [0.5, 0.6) is 0 Å². The third kappa shape index (κ3) is 4.20. The zero-order chi connectivity index (χ0) is 15.6. The minimum atomic E-state index is -3.46. The molecule has 0 bridgehead atoms. The fourth-order valence-electron chi connectivity index (χ4n) is 2.52. The highest BCUT2D eigenvalue weighted by atomic mass is 79.9. The first-order chi connectivity index (χ1) is 9.80. The number of halogens is 2. The molecule has 1 aliphatic rings. The molecule has 0 radical (unpaired) electrons. The van der Waals surface area contributed by atoms with Crippen LogP contribution in [0.3, 0.4) is 0 Å². The fourth-order valence-corrected chi connectivity index (χ4v) is 4.45. The van der Waals surface area contributed by atoms with Crippen molar-refractivity contribution >= 4 is 37.6 Å². The molecule has 118 valence electrons. The summed E-state index contributed by atoms with van der Waals surface area (Å²) < 4.78 is 27.2. The second-order valence-corrected chi connectivity index (χ2v) is 8.91. The van der Waals surface area contributed by atoms with Gasteiger partial charge in [-0.3, -0.25) is 0 Å². The minimum absolute atomic E-state index is 0.272. The van der Waals surface area contributed by atoms with Crippen molar-refractivity contribution in [3.05, 3.63) is 27.7 Å². The maximum absolute atomic E-state index is 12.6. The lowest BCUT2D eigenvalue weighted by molar-refractivity contribution is 0.202. The van der Waals surface area contributed by atoms with Crippen LogP contribution in [-0.2, 0) is 10.0 Å². The zero-order valence-electron chi connectivity index (χ0n) is 12.2. The maximum atomic E-state index is 12.6. The third-order valence-electron chi connectivity index (χ3n) is 3.95. The van der Waals surface area contributed by atoms with Gasteiger partial charge in [-0.1, -0.05) is 11.6 Å². The Balaban J connectivity index is 2.09. The Morgan fingerprint density at radius 1 is 1.38 bits per heavy atom. The largest absolute Gasteiger partial charge is 0.306 e. The topological polar surface area (TPSA) is 40.6 Å². The molecule has 1 fully saturated rings. The van der Waals surface area contributed by atoms with Crippen molar-refractivity contribution in [2.75, 3.05) is 33.7 Å². The van der Waals surface area contributed by atoms with Crippen molar-refractivity contribution in [2.45, 2.75) is 17.7 Å². The van der Waals surface area contributed by atoms with Gasteiger partial charge in [0.05, 0.1) is 9.92 Å². The third-order valence-corrected chi connectivity index (χ3v) is 6.99. The lowest BCUT2D eigenvalue weighted by Gasteiger charge is -2.31. The van der Waals surface area contributed by atoms with E-state index in [-0.39, 0.29) is 4.90 Å². The molecule has 0 aromatic heterocycles. The summed E-state index contributed by atoms with van der Waals surface area (Å²) in [5, 5.41) is 0.506.